The van der Waals surface area contributed by atoms with Crippen LogP contribution in [0.1, 0.15) is 5.69 Å². The monoisotopic (exact) mass is 354 g/mol. The average Bonchev–Trinajstić information content (AvgIpc) is 2.78. The number of β-amino-alcohol motifs (C(OH)–C–C–N with tert-alkyl or cyclic N) is 1. The van der Waals surface area contributed by atoms with E-state index >= 15 is 0 Å². The van der Waals surface area contributed by atoms with Gasteiger partial charge in [0.25, 0.3) is 0 Å². The molecule has 0 saturated carbocycles. The van der Waals surface area contributed by atoms with Gasteiger partial charge in [-0.25, -0.2) is 22.7 Å². The summed E-state index contributed by atoms with van der Waals surface area (Å²) in [5.74, 6) is -1.10. The second-order valence-electron chi connectivity index (χ2n) is 5.53. The Morgan fingerprint density at radius 2 is 2.04 bits per heavy atom. The number of alkyl halides is 3. The van der Waals surface area contributed by atoms with E-state index in [1.165, 1.54) is 19.0 Å². The molecule has 0 radical (unpaired) electrons. The molecule has 1 saturated heterocycles. The number of aliphatic hydroxyl groups is 1. The molecule has 11 heteroatoms. The second-order valence-corrected chi connectivity index (χ2v) is 7.76. The molecule has 0 unspecified atom stereocenters. The first-order valence-electron chi connectivity index (χ1n) is 6.74. The highest BCUT2D eigenvalue weighted by atomic mass is 32.2. The van der Waals surface area contributed by atoms with Crippen molar-refractivity contribution in [3.63, 3.8) is 0 Å². The summed E-state index contributed by atoms with van der Waals surface area (Å²) in [5.41, 5.74) is -1.08. The third-order valence-electron chi connectivity index (χ3n) is 3.60. The summed E-state index contributed by atoms with van der Waals surface area (Å²) in [6, 6.07) is 0.754. The van der Waals surface area contributed by atoms with E-state index in [2.05, 4.69) is 9.97 Å². The largest absolute Gasteiger partial charge is 0.433 e. The fraction of sp³-hybridized carbons (Fsp3) is 0.667. The quantitative estimate of drug-likeness (QED) is 0.830. The standard InChI is InChI=1S/C12H17F3N4O3S/c1-18(2)23(21,22)7-8-5-19(6-9(8)20)11-16-4-3-10(17-11)12(13,14)15/h3-4,8-9,20H,5-7H2,1-2H3/t8-,9-/m0/s1. The maximum atomic E-state index is 12.7. The van der Waals surface area contributed by atoms with Gasteiger partial charge in [0, 0.05) is 39.3 Å². The van der Waals surface area contributed by atoms with E-state index in [0.717, 1.165) is 16.6 Å². The number of sulfonamides is 1. The molecule has 1 fully saturated rings. The molecule has 0 aliphatic carbocycles. The molecule has 1 aromatic heterocycles. The maximum absolute atomic E-state index is 12.7. The Balaban J connectivity index is 2.16. The van der Waals surface area contributed by atoms with Gasteiger partial charge in [-0.3, -0.25) is 0 Å². The number of aliphatic hydroxyl groups excluding tert-OH is 1. The molecule has 1 aromatic rings. The van der Waals surface area contributed by atoms with Gasteiger partial charge in [0.2, 0.25) is 16.0 Å². The fourth-order valence-electron chi connectivity index (χ4n) is 2.26. The number of nitrogens with zero attached hydrogens (tertiary/aromatic N) is 4. The molecule has 130 valence electrons. The van der Waals surface area contributed by atoms with E-state index in [-0.39, 0.29) is 24.8 Å². The Morgan fingerprint density at radius 3 is 2.61 bits per heavy atom. The maximum Gasteiger partial charge on any atom is 0.433 e. The summed E-state index contributed by atoms with van der Waals surface area (Å²) in [4.78, 5) is 8.58. The molecule has 0 amide bonds. The van der Waals surface area contributed by atoms with E-state index < -0.39 is 33.9 Å². The minimum atomic E-state index is -4.59. The Morgan fingerprint density at radius 1 is 1.39 bits per heavy atom. The van der Waals surface area contributed by atoms with Crippen molar-refractivity contribution in [3.8, 4) is 0 Å². The first-order valence-corrected chi connectivity index (χ1v) is 8.35. The summed E-state index contributed by atoms with van der Waals surface area (Å²) in [7, 11) is -0.767. The summed E-state index contributed by atoms with van der Waals surface area (Å²) < 4.78 is 62.8. The lowest BCUT2D eigenvalue weighted by atomic mass is 10.1. The van der Waals surface area contributed by atoms with Gasteiger partial charge in [-0.1, -0.05) is 0 Å². The molecule has 1 aliphatic heterocycles. The third kappa shape index (κ3) is 4.09. The van der Waals surface area contributed by atoms with Gasteiger partial charge < -0.3 is 10.0 Å². The van der Waals surface area contributed by atoms with Crippen LogP contribution in [0.3, 0.4) is 0 Å². The first-order chi connectivity index (χ1) is 10.5. The smallest absolute Gasteiger partial charge is 0.391 e. The molecule has 7 nitrogen and oxygen atoms in total. The molecule has 0 bridgehead atoms. The number of hydrogen-bond donors (Lipinski definition) is 1. The predicted molar refractivity (Wildman–Crippen MR) is 76.2 cm³/mol. The molecule has 23 heavy (non-hydrogen) atoms. The SMILES string of the molecule is CN(C)S(=O)(=O)C[C@@H]1CN(c2nccc(C(F)(F)F)n2)C[C@@H]1O. The van der Waals surface area contributed by atoms with Gasteiger partial charge in [0.05, 0.1) is 11.9 Å². The number of hydrogen-bond acceptors (Lipinski definition) is 6. The van der Waals surface area contributed by atoms with Crippen LogP contribution in [-0.4, -0.2) is 66.8 Å². The van der Waals surface area contributed by atoms with Gasteiger partial charge >= 0.3 is 6.18 Å². The van der Waals surface area contributed by atoms with Crippen molar-refractivity contribution in [1.82, 2.24) is 14.3 Å². The molecule has 2 rings (SSSR count). The molecule has 1 N–H and O–H groups in total. The zero-order chi connectivity index (χ0) is 17.4. The lowest BCUT2D eigenvalue weighted by Crippen LogP contribution is -2.33. The Hall–Kier alpha value is -1.46. The summed E-state index contributed by atoms with van der Waals surface area (Å²) in [5, 5.41) is 9.99. The highest BCUT2D eigenvalue weighted by molar-refractivity contribution is 7.89. The molecule has 2 heterocycles. The summed E-state index contributed by atoms with van der Waals surface area (Å²) in [6.07, 6.45) is -4.59. The van der Waals surface area contributed by atoms with Gasteiger partial charge in [-0.2, -0.15) is 13.2 Å². The van der Waals surface area contributed by atoms with Crippen LogP contribution in [0.4, 0.5) is 19.1 Å². The molecule has 0 spiro atoms. The number of anilines is 1. The van der Waals surface area contributed by atoms with Crippen molar-refractivity contribution in [3.05, 3.63) is 18.0 Å². The van der Waals surface area contributed by atoms with Crippen LogP contribution in [0, 0.1) is 5.92 Å². The second kappa shape index (κ2) is 6.21. The number of halogens is 3. The average molecular weight is 354 g/mol. The Kier molecular flexibility index (Phi) is 4.83. The van der Waals surface area contributed by atoms with Crippen molar-refractivity contribution in [2.75, 3.05) is 37.8 Å². The van der Waals surface area contributed by atoms with Crippen LogP contribution >= 0.6 is 0 Å². The highest BCUT2D eigenvalue weighted by Gasteiger charge is 2.38. The van der Waals surface area contributed by atoms with E-state index in [4.69, 9.17) is 0 Å². The fourth-order valence-corrected chi connectivity index (χ4v) is 3.43. The predicted octanol–water partition coefficient (Wildman–Crippen LogP) is 0.184. The Labute approximate surface area is 131 Å². The number of rotatable bonds is 4. The number of aromatic nitrogens is 2. The zero-order valence-corrected chi connectivity index (χ0v) is 13.3. The first kappa shape index (κ1) is 17.9. The normalized spacial score (nSPS) is 22.8. The zero-order valence-electron chi connectivity index (χ0n) is 12.5. The minimum Gasteiger partial charge on any atom is -0.391 e. The lowest BCUT2D eigenvalue weighted by molar-refractivity contribution is -0.141. The molecule has 2 atom stereocenters. The van der Waals surface area contributed by atoms with Gasteiger partial charge in [0.15, 0.2) is 0 Å². The van der Waals surface area contributed by atoms with Crippen molar-refractivity contribution in [2.45, 2.75) is 12.3 Å². The lowest BCUT2D eigenvalue weighted by Gasteiger charge is -2.18. The molecular formula is C12H17F3N4O3S. The van der Waals surface area contributed by atoms with Crippen LogP contribution in [0.2, 0.25) is 0 Å². The van der Waals surface area contributed by atoms with Crippen molar-refractivity contribution < 1.29 is 26.7 Å². The minimum absolute atomic E-state index is 0.0189. The molecule has 1 aliphatic rings. The summed E-state index contributed by atoms with van der Waals surface area (Å²) >= 11 is 0. The van der Waals surface area contributed by atoms with Gasteiger partial charge in [-0.15, -0.1) is 0 Å². The van der Waals surface area contributed by atoms with E-state index in [0.29, 0.717) is 0 Å². The van der Waals surface area contributed by atoms with E-state index in [9.17, 15) is 26.7 Å². The van der Waals surface area contributed by atoms with Crippen molar-refractivity contribution >= 4 is 16.0 Å². The van der Waals surface area contributed by atoms with Crippen LogP contribution < -0.4 is 4.90 Å². The van der Waals surface area contributed by atoms with Gasteiger partial charge in [-0.05, 0) is 6.07 Å². The van der Waals surface area contributed by atoms with Crippen LogP contribution in [-0.2, 0) is 16.2 Å². The van der Waals surface area contributed by atoms with Crippen molar-refractivity contribution in [2.24, 2.45) is 5.92 Å². The van der Waals surface area contributed by atoms with Crippen molar-refractivity contribution in [1.29, 1.82) is 0 Å². The van der Waals surface area contributed by atoms with Crippen LogP contribution in [0.25, 0.3) is 0 Å². The molecule has 0 aromatic carbocycles. The highest BCUT2D eigenvalue weighted by Crippen LogP contribution is 2.29. The van der Waals surface area contributed by atoms with Crippen LogP contribution in [0.5, 0.6) is 0 Å². The third-order valence-corrected chi connectivity index (χ3v) is 5.57. The molecular weight excluding hydrogens is 337 g/mol. The Bertz CT molecular complexity index is 666. The van der Waals surface area contributed by atoms with Gasteiger partial charge in [0.1, 0.15) is 5.69 Å². The van der Waals surface area contributed by atoms with Crippen LogP contribution in [0.15, 0.2) is 12.3 Å². The van der Waals surface area contributed by atoms with E-state index in [1.54, 1.807) is 0 Å². The topological polar surface area (TPSA) is 86.6 Å². The summed E-state index contributed by atoms with van der Waals surface area (Å²) in [6.45, 7) is 0.0461. The van der Waals surface area contributed by atoms with E-state index in [1.807, 2.05) is 0 Å².